The average Bonchev–Trinajstić information content (AvgIpc) is 2.36. The summed E-state index contributed by atoms with van der Waals surface area (Å²) in [6, 6.07) is -0.0505. The molecule has 1 saturated heterocycles. The lowest BCUT2D eigenvalue weighted by molar-refractivity contribution is 0.129. The van der Waals surface area contributed by atoms with Gasteiger partial charge in [0, 0.05) is 32.6 Å². The molecule has 0 aromatic rings. The van der Waals surface area contributed by atoms with Crippen molar-refractivity contribution in [2.45, 2.75) is 39.2 Å². The van der Waals surface area contributed by atoms with Gasteiger partial charge in [-0.3, -0.25) is 0 Å². The molecule has 6 nitrogen and oxygen atoms in total. The van der Waals surface area contributed by atoms with Crippen LogP contribution in [0, 0.1) is 5.92 Å². The smallest absolute Gasteiger partial charge is 0.320 e. The molecule has 0 aromatic heterocycles. The van der Waals surface area contributed by atoms with E-state index in [1.54, 1.807) is 11.9 Å². The molecule has 6 heteroatoms. The minimum Gasteiger partial charge on any atom is -0.409 e. The second-order valence-corrected chi connectivity index (χ2v) is 5.23. The summed E-state index contributed by atoms with van der Waals surface area (Å²) in [6.07, 6.45) is 2.63. The maximum absolute atomic E-state index is 12.3. The van der Waals surface area contributed by atoms with E-state index in [9.17, 15) is 4.79 Å². The minimum atomic E-state index is -0.0781. The van der Waals surface area contributed by atoms with Gasteiger partial charge in [-0.25, -0.2) is 4.79 Å². The quantitative estimate of drug-likeness (QED) is 0.345. The van der Waals surface area contributed by atoms with Crippen LogP contribution in [0.3, 0.4) is 0 Å². The molecule has 1 heterocycles. The van der Waals surface area contributed by atoms with E-state index in [0.29, 0.717) is 12.3 Å². The van der Waals surface area contributed by atoms with Crippen molar-refractivity contribution in [3.05, 3.63) is 0 Å². The Morgan fingerprint density at radius 2 is 2.33 bits per heavy atom. The van der Waals surface area contributed by atoms with Crippen LogP contribution in [-0.2, 0) is 0 Å². The molecule has 2 atom stereocenters. The zero-order valence-corrected chi connectivity index (χ0v) is 11.5. The molecule has 0 bridgehead atoms. The van der Waals surface area contributed by atoms with Crippen molar-refractivity contribution in [2.24, 2.45) is 16.8 Å². The molecule has 1 rings (SSSR count). The lowest BCUT2D eigenvalue weighted by atomic mass is 10.0. The van der Waals surface area contributed by atoms with E-state index in [4.69, 9.17) is 10.9 Å². The first-order valence-electron chi connectivity index (χ1n) is 6.43. The van der Waals surface area contributed by atoms with E-state index in [0.717, 1.165) is 19.5 Å². The third kappa shape index (κ3) is 3.78. The molecular weight excluding hydrogens is 232 g/mol. The number of amidine groups is 1. The first-order chi connectivity index (χ1) is 8.45. The van der Waals surface area contributed by atoms with Gasteiger partial charge in [0.2, 0.25) is 0 Å². The lowest BCUT2D eigenvalue weighted by Gasteiger charge is -2.36. The fourth-order valence-electron chi connectivity index (χ4n) is 2.26. The van der Waals surface area contributed by atoms with Gasteiger partial charge >= 0.3 is 6.03 Å². The minimum absolute atomic E-state index is 0.0276. The number of amides is 2. The zero-order chi connectivity index (χ0) is 13.7. The van der Waals surface area contributed by atoms with Crippen LogP contribution in [0.4, 0.5) is 4.79 Å². The van der Waals surface area contributed by atoms with Gasteiger partial charge in [0.25, 0.3) is 0 Å². The number of nitrogens with zero attached hydrogens (tertiary/aromatic N) is 3. The van der Waals surface area contributed by atoms with Crippen molar-refractivity contribution in [2.75, 3.05) is 20.1 Å². The summed E-state index contributed by atoms with van der Waals surface area (Å²) in [5, 5.41) is 11.5. The molecule has 2 unspecified atom stereocenters. The molecule has 0 aliphatic carbocycles. The molecule has 1 aliphatic heterocycles. The second kappa shape index (κ2) is 6.47. The number of carbonyl (C=O) groups excluding carboxylic acids is 1. The first-order valence-corrected chi connectivity index (χ1v) is 6.43. The number of hydrogen-bond acceptors (Lipinski definition) is 3. The van der Waals surface area contributed by atoms with Crippen LogP contribution >= 0.6 is 0 Å². The fraction of sp³-hybridized carbons (Fsp3) is 0.833. The summed E-state index contributed by atoms with van der Waals surface area (Å²) in [4.78, 5) is 15.8. The molecule has 18 heavy (non-hydrogen) atoms. The normalized spacial score (nSPS) is 22.7. The predicted molar refractivity (Wildman–Crippen MR) is 70.6 cm³/mol. The van der Waals surface area contributed by atoms with Gasteiger partial charge in [-0.1, -0.05) is 12.1 Å². The van der Waals surface area contributed by atoms with Gasteiger partial charge in [-0.15, -0.1) is 0 Å². The summed E-state index contributed by atoms with van der Waals surface area (Å²) in [5.41, 5.74) is 5.46. The van der Waals surface area contributed by atoms with E-state index in [1.165, 1.54) is 6.42 Å². The largest absolute Gasteiger partial charge is 0.409 e. The standard InChI is InChI=1S/C12H24N4O2/c1-9-5-4-6-16(8-9)12(17)15(3)10(2)7-11(13)14-18/h9-10,18H,4-8H2,1-3H3,(H2,13,14). The first kappa shape index (κ1) is 14.6. The number of carbonyl (C=O) groups is 1. The highest BCUT2D eigenvalue weighted by Crippen LogP contribution is 2.17. The number of likely N-dealkylation sites (tertiary alicyclic amines) is 1. The van der Waals surface area contributed by atoms with Crippen LogP contribution in [0.2, 0.25) is 0 Å². The summed E-state index contributed by atoms with van der Waals surface area (Å²) in [5.74, 6) is 0.713. The molecule has 0 radical (unpaired) electrons. The van der Waals surface area contributed by atoms with Crippen LogP contribution in [0.15, 0.2) is 5.16 Å². The molecule has 1 aliphatic rings. The third-order valence-corrected chi connectivity index (χ3v) is 3.52. The van der Waals surface area contributed by atoms with Crippen molar-refractivity contribution < 1.29 is 10.0 Å². The Balaban J connectivity index is 2.54. The van der Waals surface area contributed by atoms with E-state index in [2.05, 4.69) is 12.1 Å². The monoisotopic (exact) mass is 256 g/mol. The zero-order valence-electron chi connectivity index (χ0n) is 11.5. The van der Waals surface area contributed by atoms with E-state index >= 15 is 0 Å². The number of oxime groups is 1. The van der Waals surface area contributed by atoms with Crippen molar-refractivity contribution in [3.8, 4) is 0 Å². The van der Waals surface area contributed by atoms with Crippen LogP contribution in [-0.4, -0.2) is 53.1 Å². The van der Waals surface area contributed by atoms with Gasteiger partial charge in [0.1, 0.15) is 5.84 Å². The summed E-state index contributed by atoms with van der Waals surface area (Å²) in [6.45, 7) is 5.70. The van der Waals surface area contributed by atoms with Gasteiger partial charge in [0.15, 0.2) is 0 Å². The van der Waals surface area contributed by atoms with E-state index in [-0.39, 0.29) is 17.9 Å². The Morgan fingerprint density at radius 1 is 1.67 bits per heavy atom. The Morgan fingerprint density at radius 3 is 2.89 bits per heavy atom. The maximum atomic E-state index is 12.3. The topological polar surface area (TPSA) is 82.2 Å². The van der Waals surface area contributed by atoms with Gasteiger partial charge in [0.05, 0.1) is 0 Å². The number of hydrogen-bond donors (Lipinski definition) is 2. The van der Waals surface area contributed by atoms with Crippen molar-refractivity contribution in [1.82, 2.24) is 9.80 Å². The molecule has 0 spiro atoms. The number of piperidine rings is 1. The maximum Gasteiger partial charge on any atom is 0.320 e. The van der Waals surface area contributed by atoms with Gasteiger partial charge in [-0.05, 0) is 25.7 Å². The highest BCUT2D eigenvalue weighted by atomic mass is 16.4. The van der Waals surface area contributed by atoms with Crippen molar-refractivity contribution >= 4 is 11.9 Å². The molecule has 0 aromatic carbocycles. The van der Waals surface area contributed by atoms with Crippen LogP contribution < -0.4 is 5.73 Å². The van der Waals surface area contributed by atoms with Crippen molar-refractivity contribution in [3.63, 3.8) is 0 Å². The number of rotatable bonds is 3. The van der Waals surface area contributed by atoms with Gasteiger partial charge < -0.3 is 20.7 Å². The average molecular weight is 256 g/mol. The van der Waals surface area contributed by atoms with Gasteiger partial charge in [-0.2, -0.15) is 0 Å². The molecule has 1 fully saturated rings. The van der Waals surface area contributed by atoms with Crippen LogP contribution in [0.5, 0.6) is 0 Å². The molecular formula is C12H24N4O2. The molecule has 2 amide bonds. The highest BCUT2D eigenvalue weighted by Gasteiger charge is 2.26. The second-order valence-electron chi connectivity index (χ2n) is 5.23. The molecule has 3 N–H and O–H groups in total. The van der Waals surface area contributed by atoms with Crippen molar-refractivity contribution in [1.29, 1.82) is 0 Å². The summed E-state index contributed by atoms with van der Waals surface area (Å²) < 4.78 is 0. The number of nitrogens with two attached hydrogens (primary N) is 1. The summed E-state index contributed by atoms with van der Waals surface area (Å²) in [7, 11) is 1.76. The Labute approximate surface area is 108 Å². The highest BCUT2D eigenvalue weighted by molar-refractivity contribution is 5.81. The number of urea groups is 1. The molecule has 0 saturated carbocycles. The summed E-state index contributed by atoms with van der Waals surface area (Å²) >= 11 is 0. The van der Waals surface area contributed by atoms with E-state index < -0.39 is 0 Å². The third-order valence-electron chi connectivity index (χ3n) is 3.52. The lowest BCUT2D eigenvalue weighted by Crippen LogP contribution is -2.49. The van der Waals surface area contributed by atoms with Crippen LogP contribution in [0.25, 0.3) is 0 Å². The molecule has 104 valence electrons. The SMILES string of the molecule is CC1CCCN(C(=O)N(C)C(C)CC(N)=NO)C1. The van der Waals surface area contributed by atoms with E-state index in [1.807, 2.05) is 11.8 Å². The Kier molecular flexibility index (Phi) is 5.25. The Bertz CT molecular complexity index is 319. The fourth-order valence-corrected chi connectivity index (χ4v) is 2.26. The Hall–Kier alpha value is -1.46. The predicted octanol–water partition coefficient (Wildman–Crippen LogP) is 1.30. The van der Waals surface area contributed by atoms with Crippen LogP contribution in [0.1, 0.15) is 33.1 Å².